The van der Waals surface area contributed by atoms with Crippen LogP contribution in [0, 0.1) is 0 Å². The summed E-state index contributed by atoms with van der Waals surface area (Å²) in [6, 6.07) is 10.9. The van der Waals surface area contributed by atoms with Gasteiger partial charge in [0.2, 0.25) is 10.0 Å². The van der Waals surface area contributed by atoms with E-state index >= 15 is 0 Å². The molecule has 1 aliphatic rings. The molecule has 3 aromatic rings. The molecule has 0 spiro atoms. The van der Waals surface area contributed by atoms with Crippen LogP contribution in [0.1, 0.15) is 22.3 Å². The first-order chi connectivity index (χ1) is 13.3. The summed E-state index contributed by atoms with van der Waals surface area (Å²) in [5, 5.41) is 0.641. The van der Waals surface area contributed by atoms with Crippen LogP contribution in [0.4, 0.5) is 5.69 Å². The molecule has 0 unspecified atom stereocenters. The van der Waals surface area contributed by atoms with E-state index in [4.69, 9.17) is 11.6 Å². The first-order valence-electron chi connectivity index (χ1n) is 8.64. The number of hydrogen-bond donors (Lipinski definition) is 0. The van der Waals surface area contributed by atoms with Crippen molar-refractivity contribution in [1.82, 2.24) is 4.98 Å². The number of thioether (sulfide) groups is 1. The SMILES string of the molecule is CS(=O)(=O)N1CCCc2cc(C(=O)CSc3nc4cc(Cl)ccc4s3)ccc21. The van der Waals surface area contributed by atoms with Gasteiger partial charge in [0.05, 0.1) is 27.9 Å². The number of halogens is 1. The summed E-state index contributed by atoms with van der Waals surface area (Å²) in [5.74, 6) is 0.281. The Hall–Kier alpha value is -1.61. The van der Waals surface area contributed by atoms with E-state index in [2.05, 4.69) is 4.98 Å². The Balaban J connectivity index is 1.50. The molecule has 9 heteroatoms. The molecular formula is C19H17ClN2O3S3. The minimum atomic E-state index is -3.31. The number of aryl methyl sites for hydroxylation is 1. The van der Waals surface area contributed by atoms with Crippen LogP contribution in [0.5, 0.6) is 0 Å². The Bertz CT molecular complexity index is 1170. The maximum absolute atomic E-state index is 12.7. The fourth-order valence-corrected chi connectivity index (χ4v) is 6.34. The van der Waals surface area contributed by atoms with E-state index in [1.165, 1.54) is 33.7 Å². The van der Waals surface area contributed by atoms with Gasteiger partial charge in [0.15, 0.2) is 10.1 Å². The molecule has 1 aliphatic heterocycles. The lowest BCUT2D eigenvalue weighted by atomic mass is 9.99. The molecule has 5 nitrogen and oxygen atoms in total. The van der Waals surface area contributed by atoms with Gasteiger partial charge in [-0.15, -0.1) is 11.3 Å². The van der Waals surface area contributed by atoms with Crippen LogP contribution in [0.25, 0.3) is 10.2 Å². The average molecular weight is 453 g/mol. The zero-order chi connectivity index (χ0) is 19.9. The van der Waals surface area contributed by atoms with E-state index in [1.54, 1.807) is 12.1 Å². The van der Waals surface area contributed by atoms with Crippen LogP contribution in [-0.2, 0) is 16.4 Å². The molecule has 2 aromatic carbocycles. The van der Waals surface area contributed by atoms with E-state index in [0.717, 1.165) is 33.0 Å². The second-order valence-corrected chi connectivity index (χ2v) is 11.2. The molecule has 146 valence electrons. The summed E-state index contributed by atoms with van der Waals surface area (Å²) in [5.41, 5.74) is 3.02. The van der Waals surface area contributed by atoms with Gasteiger partial charge in [-0.3, -0.25) is 9.10 Å². The highest BCUT2D eigenvalue weighted by Crippen LogP contribution is 2.33. The molecular weight excluding hydrogens is 436 g/mol. The van der Waals surface area contributed by atoms with Crippen molar-refractivity contribution in [2.45, 2.75) is 17.2 Å². The molecule has 0 atom stereocenters. The van der Waals surface area contributed by atoms with Crippen LogP contribution >= 0.6 is 34.7 Å². The molecule has 0 N–H and O–H groups in total. The minimum absolute atomic E-state index is 0.00145. The van der Waals surface area contributed by atoms with Gasteiger partial charge in [-0.1, -0.05) is 23.4 Å². The van der Waals surface area contributed by atoms with Gasteiger partial charge >= 0.3 is 0 Å². The maximum Gasteiger partial charge on any atom is 0.232 e. The Morgan fingerprint density at radius 1 is 1.29 bits per heavy atom. The number of rotatable bonds is 5. The monoisotopic (exact) mass is 452 g/mol. The quantitative estimate of drug-likeness (QED) is 0.416. The van der Waals surface area contributed by atoms with Crippen molar-refractivity contribution >= 4 is 66.4 Å². The Morgan fingerprint density at radius 3 is 2.89 bits per heavy atom. The van der Waals surface area contributed by atoms with Crippen molar-refractivity contribution in [2.75, 3.05) is 22.9 Å². The number of nitrogens with zero attached hydrogens (tertiary/aromatic N) is 2. The number of ketones is 1. The van der Waals surface area contributed by atoms with Gasteiger partial charge in [-0.05, 0) is 54.8 Å². The zero-order valence-electron chi connectivity index (χ0n) is 15.0. The molecule has 0 amide bonds. The average Bonchev–Trinajstić information content (AvgIpc) is 3.06. The Morgan fingerprint density at radius 2 is 2.11 bits per heavy atom. The molecule has 0 saturated carbocycles. The summed E-state index contributed by atoms with van der Waals surface area (Å²) in [6.45, 7) is 0.483. The number of thiazole rings is 1. The molecule has 0 bridgehead atoms. The summed E-state index contributed by atoms with van der Waals surface area (Å²) in [7, 11) is -3.31. The van der Waals surface area contributed by atoms with Crippen LogP contribution in [-0.4, -0.2) is 37.7 Å². The second-order valence-electron chi connectivity index (χ2n) is 6.59. The second kappa shape index (κ2) is 7.67. The Kier molecular flexibility index (Phi) is 5.39. The van der Waals surface area contributed by atoms with Gasteiger partial charge in [-0.25, -0.2) is 13.4 Å². The molecule has 0 saturated heterocycles. The Labute approximate surface area is 176 Å². The van der Waals surface area contributed by atoms with E-state index in [-0.39, 0.29) is 11.5 Å². The molecule has 28 heavy (non-hydrogen) atoms. The first-order valence-corrected chi connectivity index (χ1v) is 12.7. The van der Waals surface area contributed by atoms with E-state index in [0.29, 0.717) is 22.8 Å². The summed E-state index contributed by atoms with van der Waals surface area (Å²) in [4.78, 5) is 17.2. The molecule has 0 fully saturated rings. The van der Waals surface area contributed by atoms with Gasteiger partial charge in [-0.2, -0.15) is 0 Å². The minimum Gasteiger partial charge on any atom is -0.293 e. The van der Waals surface area contributed by atoms with Gasteiger partial charge in [0, 0.05) is 17.1 Å². The lowest BCUT2D eigenvalue weighted by Gasteiger charge is -2.29. The number of hydrogen-bond acceptors (Lipinski definition) is 6. The normalized spacial score (nSPS) is 14.3. The third-order valence-corrected chi connectivity index (χ3v) is 8.13. The van der Waals surface area contributed by atoms with Crippen LogP contribution in [0.3, 0.4) is 0 Å². The van der Waals surface area contributed by atoms with E-state index < -0.39 is 10.0 Å². The fourth-order valence-electron chi connectivity index (χ4n) is 3.23. The number of anilines is 1. The molecule has 0 aliphatic carbocycles. The number of sulfonamides is 1. The third kappa shape index (κ3) is 4.05. The molecule has 2 heterocycles. The number of Topliss-reactive ketones (excluding diaryl/α,β-unsaturated/α-hetero) is 1. The number of aromatic nitrogens is 1. The maximum atomic E-state index is 12.7. The van der Waals surface area contributed by atoms with Crippen molar-refractivity contribution in [2.24, 2.45) is 0 Å². The third-order valence-electron chi connectivity index (χ3n) is 4.53. The molecule has 0 radical (unpaired) electrons. The standard InChI is InChI=1S/C19H17ClN2O3S3/c1-28(24,25)22-8-2-3-12-9-13(4-6-16(12)22)17(23)11-26-19-21-15-10-14(20)5-7-18(15)27-19/h4-7,9-10H,2-3,8,11H2,1H3. The largest absolute Gasteiger partial charge is 0.293 e. The highest BCUT2D eigenvalue weighted by atomic mass is 35.5. The summed E-state index contributed by atoms with van der Waals surface area (Å²) in [6.07, 6.45) is 2.73. The number of carbonyl (C=O) groups is 1. The van der Waals surface area contributed by atoms with Crippen molar-refractivity contribution in [1.29, 1.82) is 0 Å². The predicted molar refractivity (Wildman–Crippen MR) is 117 cm³/mol. The molecule has 1 aromatic heterocycles. The number of carbonyl (C=O) groups excluding carboxylic acids is 1. The number of fused-ring (bicyclic) bond motifs is 2. The smallest absolute Gasteiger partial charge is 0.232 e. The van der Waals surface area contributed by atoms with Crippen molar-refractivity contribution in [3.63, 3.8) is 0 Å². The van der Waals surface area contributed by atoms with E-state index in [9.17, 15) is 13.2 Å². The van der Waals surface area contributed by atoms with Crippen molar-refractivity contribution in [3.8, 4) is 0 Å². The lowest BCUT2D eigenvalue weighted by molar-refractivity contribution is 0.102. The zero-order valence-corrected chi connectivity index (χ0v) is 18.2. The fraction of sp³-hybridized carbons (Fsp3) is 0.263. The van der Waals surface area contributed by atoms with Crippen molar-refractivity contribution < 1.29 is 13.2 Å². The lowest BCUT2D eigenvalue weighted by Crippen LogP contribution is -2.34. The summed E-state index contributed by atoms with van der Waals surface area (Å²) >= 11 is 8.94. The van der Waals surface area contributed by atoms with Crippen LogP contribution < -0.4 is 4.31 Å². The first kappa shape index (κ1) is 19.7. The highest BCUT2D eigenvalue weighted by molar-refractivity contribution is 8.01. The van der Waals surface area contributed by atoms with E-state index in [1.807, 2.05) is 24.3 Å². The number of benzene rings is 2. The van der Waals surface area contributed by atoms with Crippen molar-refractivity contribution in [3.05, 3.63) is 52.5 Å². The highest BCUT2D eigenvalue weighted by Gasteiger charge is 2.24. The van der Waals surface area contributed by atoms with Gasteiger partial charge in [0.25, 0.3) is 0 Å². The molecule has 4 rings (SSSR count). The van der Waals surface area contributed by atoms with Crippen LogP contribution in [0.15, 0.2) is 40.7 Å². The van der Waals surface area contributed by atoms with Gasteiger partial charge in [0.1, 0.15) is 0 Å². The van der Waals surface area contributed by atoms with Crippen LogP contribution in [0.2, 0.25) is 5.02 Å². The van der Waals surface area contributed by atoms with Gasteiger partial charge < -0.3 is 0 Å². The summed E-state index contributed by atoms with van der Waals surface area (Å²) < 4.78 is 27.2. The predicted octanol–water partition coefficient (Wildman–Crippen LogP) is 4.64. The topological polar surface area (TPSA) is 67.3 Å².